The maximum atomic E-state index is 7.47. The molecule has 1 rings (SSSR count). The molecule has 0 heterocycles. The van der Waals surface area contributed by atoms with Crippen molar-refractivity contribution in [1.29, 1.82) is 5.41 Å². The molecular formula is C12H15NOSi. The van der Waals surface area contributed by atoms with Gasteiger partial charge in [-0.05, 0) is 24.3 Å². The number of methoxy groups -OCH3 is 1. The Hall–Kier alpha value is -1.53. The Morgan fingerprint density at radius 2 is 1.87 bits per heavy atom. The molecule has 0 aliphatic heterocycles. The molecule has 1 aromatic rings. The Labute approximate surface area is 92.4 Å². The summed E-state index contributed by atoms with van der Waals surface area (Å²) in [7, 11) is 0.694. The van der Waals surface area contributed by atoms with E-state index >= 15 is 0 Å². The Morgan fingerprint density at radius 3 is 2.33 bits per heavy atom. The Kier molecular flexibility index (Phi) is 4.13. The fourth-order valence-electron chi connectivity index (χ4n) is 1.05. The second kappa shape index (κ2) is 5.37. The van der Waals surface area contributed by atoms with Gasteiger partial charge in [-0.3, -0.25) is 5.41 Å². The van der Waals surface area contributed by atoms with Crippen LogP contribution in [-0.4, -0.2) is 21.8 Å². The normalized spacial score (nSPS) is 9.33. The number of ether oxygens (including phenoxy) is 1. The molecule has 0 radical (unpaired) electrons. The maximum Gasteiger partial charge on any atom is 0.212 e. The zero-order chi connectivity index (χ0) is 11.3. The van der Waals surface area contributed by atoms with Crippen LogP contribution < -0.4 is 0 Å². The molecule has 0 saturated heterocycles. The Morgan fingerprint density at radius 1 is 1.27 bits per heavy atom. The predicted octanol–water partition coefficient (Wildman–Crippen LogP) is 2.04. The third-order valence-corrected chi connectivity index (χ3v) is 2.58. The molecule has 0 aliphatic carbocycles. The molecule has 15 heavy (non-hydrogen) atoms. The highest BCUT2D eigenvalue weighted by Crippen LogP contribution is 2.04. The van der Waals surface area contributed by atoms with Gasteiger partial charge in [-0.2, -0.15) is 0 Å². The number of nitrogens with one attached hydrogen (secondary N) is 1. The molecule has 0 bridgehead atoms. The topological polar surface area (TPSA) is 33.1 Å². The first-order valence-corrected chi connectivity index (χ1v) is 7.76. The van der Waals surface area contributed by atoms with Gasteiger partial charge in [0, 0.05) is 11.1 Å². The van der Waals surface area contributed by atoms with Crippen LogP contribution in [0.5, 0.6) is 0 Å². The van der Waals surface area contributed by atoms with Crippen molar-refractivity contribution < 1.29 is 4.74 Å². The highest BCUT2D eigenvalue weighted by molar-refractivity contribution is 6.64. The van der Waals surface area contributed by atoms with Gasteiger partial charge in [-0.1, -0.05) is 19.0 Å². The van der Waals surface area contributed by atoms with Gasteiger partial charge >= 0.3 is 0 Å². The van der Waals surface area contributed by atoms with E-state index in [4.69, 9.17) is 10.1 Å². The lowest BCUT2D eigenvalue weighted by atomic mass is 10.1. The van der Waals surface area contributed by atoms with Gasteiger partial charge < -0.3 is 4.74 Å². The van der Waals surface area contributed by atoms with E-state index in [2.05, 4.69) is 24.6 Å². The number of benzene rings is 1. The van der Waals surface area contributed by atoms with Crippen LogP contribution in [0.3, 0.4) is 0 Å². The average Bonchev–Trinajstić information content (AvgIpc) is 2.26. The van der Waals surface area contributed by atoms with Gasteiger partial charge in [-0.15, -0.1) is 5.54 Å². The van der Waals surface area contributed by atoms with E-state index < -0.39 is 8.80 Å². The molecule has 0 fully saturated rings. The van der Waals surface area contributed by atoms with Crippen LogP contribution in [0.4, 0.5) is 0 Å². The molecule has 3 heteroatoms. The fourth-order valence-corrected chi connectivity index (χ4v) is 1.51. The zero-order valence-corrected chi connectivity index (χ0v) is 10.4. The quantitative estimate of drug-likeness (QED) is 0.332. The molecule has 1 N–H and O–H groups in total. The first-order chi connectivity index (χ1) is 7.13. The van der Waals surface area contributed by atoms with Crippen LogP contribution in [0.1, 0.15) is 11.1 Å². The molecule has 0 aromatic heterocycles. The third kappa shape index (κ3) is 3.60. The van der Waals surface area contributed by atoms with E-state index in [1.807, 2.05) is 24.3 Å². The average molecular weight is 217 g/mol. The molecule has 0 aliphatic rings. The van der Waals surface area contributed by atoms with Crippen LogP contribution in [-0.2, 0) is 4.74 Å². The van der Waals surface area contributed by atoms with Gasteiger partial charge in [0.05, 0.1) is 7.11 Å². The molecule has 0 spiro atoms. The van der Waals surface area contributed by atoms with Crippen molar-refractivity contribution in [2.24, 2.45) is 0 Å². The van der Waals surface area contributed by atoms with Crippen molar-refractivity contribution in [3.05, 3.63) is 35.4 Å². The molecule has 1 aromatic carbocycles. The number of rotatable bonds is 1. The predicted molar refractivity (Wildman–Crippen MR) is 66.0 cm³/mol. The van der Waals surface area contributed by atoms with Crippen LogP contribution in [0.2, 0.25) is 13.1 Å². The van der Waals surface area contributed by atoms with Crippen molar-refractivity contribution >= 4 is 14.7 Å². The molecule has 0 saturated carbocycles. The summed E-state index contributed by atoms with van der Waals surface area (Å²) in [6.07, 6.45) is 0. The summed E-state index contributed by atoms with van der Waals surface area (Å²) < 4.78 is 4.83. The lowest BCUT2D eigenvalue weighted by Crippen LogP contribution is -2.00. The van der Waals surface area contributed by atoms with Gasteiger partial charge in [0.15, 0.2) is 0 Å². The van der Waals surface area contributed by atoms with Crippen molar-refractivity contribution in [1.82, 2.24) is 0 Å². The van der Waals surface area contributed by atoms with Crippen LogP contribution >= 0.6 is 0 Å². The third-order valence-electron chi connectivity index (χ3n) is 1.86. The Balaban J connectivity index is 2.83. The van der Waals surface area contributed by atoms with E-state index in [-0.39, 0.29) is 5.90 Å². The van der Waals surface area contributed by atoms with Crippen molar-refractivity contribution in [3.8, 4) is 11.5 Å². The zero-order valence-electron chi connectivity index (χ0n) is 9.29. The van der Waals surface area contributed by atoms with Crippen molar-refractivity contribution in [2.75, 3.05) is 7.11 Å². The van der Waals surface area contributed by atoms with Gasteiger partial charge in [0.25, 0.3) is 0 Å². The smallest absolute Gasteiger partial charge is 0.212 e. The first kappa shape index (κ1) is 11.5. The second-order valence-corrected chi connectivity index (χ2v) is 6.13. The lowest BCUT2D eigenvalue weighted by molar-refractivity contribution is 0.401. The van der Waals surface area contributed by atoms with Gasteiger partial charge in [0.2, 0.25) is 5.90 Å². The molecule has 0 unspecified atom stereocenters. The first-order valence-electron chi connectivity index (χ1n) is 4.88. The van der Waals surface area contributed by atoms with E-state index in [1.54, 1.807) is 0 Å². The molecular weight excluding hydrogens is 202 g/mol. The Bertz CT molecular complexity index is 398. The van der Waals surface area contributed by atoms with Crippen LogP contribution in [0.25, 0.3) is 0 Å². The largest absolute Gasteiger partial charge is 0.481 e. The lowest BCUT2D eigenvalue weighted by Gasteiger charge is -2.01. The fraction of sp³-hybridized carbons (Fsp3) is 0.250. The van der Waals surface area contributed by atoms with Gasteiger partial charge in [-0.25, -0.2) is 0 Å². The molecule has 0 atom stereocenters. The molecule has 78 valence electrons. The van der Waals surface area contributed by atoms with E-state index in [0.717, 1.165) is 11.1 Å². The van der Waals surface area contributed by atoms with Gasteiger partial charge in [0.1, 0.15) is 8.80 Å². The highest BCUT2D eigenvalue weighted by Gasteiger charge is 1.98. The van der Waals surface area contributed by atoms with Crippen LogP contribution in [0, 0.1) is 16.9 Å². The minimum absolute atomic E-state index is 0.188. The number of hydrogen-bond acceptors (Lipinski definition) is 2. The summed E-state index contributed by atoms with van der Waals surface area (Å²) in [4.78, 5) is 0. The summed E-state index contributed by atoms with van der Waals surface area (Å²) in [6, 6.07) is 7.56. The van der Waals surface area contributed by atoms with Crippen LogP contribution in [0.15, 0.2) is 24.3 Å². The number of hydrogen-bond donors (Lipinski definition) is 1. The summed E-state index contributed by atoms with van der Waals surface area (Å²) in [5.74, 6) is 3.32. The molecule has 0 amide bonds. The van der Waals surface area contributed by atoms with E-state index in [9.17, 15) is 0 Å². The SMILES string of the molecule is COC(=N)c1ccc(C#C[SiH](C)C)cc1. The minimum atomic E-state index is -0.806. The summed E-state index contributed by atoms with van der Waals surface area (Å²) >= 11 is 0. The van der Waals surface area contributed by atoms with Crippen molar-refractivity contribution in [3.63, 3.8) is 0 Å². The summed E-state index contributed by atoms with van der Waals surface area (Å²) in [5, 5.41) is 7.47. The standard InChI is InChI=1S/C12H15NOSi/c1-14-12(13)11-6-4-10(5-7-11)8-9-15(2)3/h4-7,13,15H,1-3H3. The maximum absolute atomic E-state index is 7.47. The van der Waals surface area contributed by atoms with E-state index in [1.165, 1.54) is 7.11 Å². The monoisotopic (exact) mass is 217 g/mol. The summed E-state index contributed by atoms with van der Waals surface area (Å²) in [6.45, 7) is 4.39. The van der Waals surface area contributed by atoms with Crippen molar-refractivity contribution in [2.45, 2.75) is 13.1 Å². The molecule has 2 nitrogen and oxygen atoms in total. The summed E-state index contributed by atoms with van der Waals surface area (Å²) in [5.41, 5.74) is 5.01. The van der Waals surface area contributed by atoms with E-state index in [0.29, 0.717) is 0 Å². The minimum Gasteiger partial charge on any atom is -0.481 e. The highest BCUT2D eigenvalue weighted by atomic mass is 28.3. The second-order valence-electron chi connectivity index (χ2n) is 3.53.